The number of hydrogen-bond acceptors (Lipinski definition) is 4. The summed E-state index contributed by atoms with van der Waals surface area (Å²) in [5, 5.41) is 2.01. The Kier molecular flexibility index (Phi) is 4.60. The summed E-state index contributed by atoms with van der Waals surface area (Å²) in [5.41, 5.74) is 6.86. The standard InChI is InChI=1S/C14H23N3OS/c1-10-6-11(7-15)8-17(10)14(18)13-12(4-5-19-13)9-16(2)3/h4-5,10-11H,6-9,15H2,1-3H3. The predicted octanol–water partition coefficient (Wildman–Crippen LogP) is 1.62. The quantitative estimate of drug-likeness (QED) is 0.912. The van der Waals surface area contributed by atoms with Crippen LogP contribution in [0.3, 0.4) is 0 Å². The lowest BCUT2D eigenvalue weighted by Crippen LogP contribution is -2.34. The fourth-order valence-electron chi connectivity index (χ4n) is 2.72. The van der Waals surface area contributed by atoms with E-state index in [0.717, 1.165) is 30.0 Å². The molecule has 1 fully saturated rings. The highest BCUT2D eigenvalue weighted by molar-refractivity contribution is 7.12. The molecule has 1 aromatic heterocycles. The molecule has 2 rings (SSSR count). The summed E-state index contributed by atoms with van der Waals surface area (Å²) in [4.78, 5) is 17.6. The number of rotatable bonds is 4. The van der Waals surface area contributed by atoms with Gasteiger partial charge < -0.3 is 15.5 Å². The first-order valence-corrected chi connectivity index (χ1v) is 7.63. The van der Waals surface area contributed by atoms with Crippen molar-refractivity contribution in [1.29, 1.82) is 0 Å². The molecule has 2 N–H and O–H groups in total. The van der Waals surface area contributed by atoms with E-state index >= 15 is 0 Å². The van der Waals surface area contributed by atoms with Crippen LogP contribution in [-0.4, -0.2) is 48.9 Å². The van der Waals surface area contributed by atoms with Crippen molar-refractivity contribution in [1.82, 2.24) is 9.80 Å². The first-order chi connectivity index (χ1) is 9.02. The summed E-state index contributed by atoms with van der Waals surface area (Å²) >= 11 is 1.55. The molecule has 0 radical (unpaired) electrons. The van der Waals surface area contributed by atoms with E-state index in [0.29, 0.717) is 18.5 Å². The molecule has 2 heterocycles. The van der Waals surface area contributed by atoms with Crippen LogP contribution in [0.15, 0.2) is 11.4 Å². The molecule has 2 unspecified atom stereocenters. The van der Waals surface area contributed by atoms with Gasteiger partial charge in [0.05, 0.1) is 4.88 Å². The molecule has 0 spiro atoms. The lowest BCUT2D eigenvalue weighted by molar-refractivity contribution is 0.0746. The van der Waals surface area contributed by atoms with Crippen LogP contribution in [0.25, 0.3) is 0 Å². The lowest BCUT2D eigenvalue weighted by Gasteiger charge is -2.22. The molecule has 0 bridgehead atoms. The largest absolute Gasteiger partial charge is 0.335 e. The van der Waals surface area contributed by atoms with Gasteiger partial charge in [-0.25, -0.2) is 0 Å². The van der Waals surface area contributed by atoms with Gasteiger partial charge in [0.1, 0.15) is 0 Å². The smallest absolute Gasteiger partial charge is 0.264 e. The van der Waals surface area contributed by atoms with Crippen LogP contribution in [0.1, 0.15) is 28.6 Å². The topological polar surface area (TPSA) is 49.6 Å². The summed E-state index contributed by atoms with van der Waals surface area (Å²) in [5.74, 6) is 0.631. The van der Waals surface area contributed by atoms with E-state index in [1.807, 2.05) is 24.4 Å². The summed E-state index contributed by atoms with van der Waals surface area (Å²) in [6.07, 6.45) is 1.02. The molecule has 2 atom stereocenters. The summed E-state index contributed by atoms with van der Waals surface area (Å²) in [6, 6.07) is 2.36. The molecule has 19 heavy (non-hydrogen) atoms. The fourth-order valence-corrected chi connectivity index (χ4v) is 3.59. The Labute approximate surface area is 119 Å². The average Bonchev–Trinajstić information content (AvgIpc) is 2.94. The Balaban J connectivity index is 2.14. The van der Waals surface area contributed by atoms with Gasteiger partial charge >= 0.3 is 0 Å². The lowest BCUT2D eigenvalue weighted by atomic mass is 10.1. The van der Waals surface area contributed by atoms with E-state index < -0.39 is 0 Å². The summed E-state index contributed by atoms with van der Waals surface area (Å²) in [6.45, 7) is 4.40. The molecular weight excluding hydrogens is 258 g/mol. The second kappa shape index (κ2) is 6.03. The minimum atomic E-state index is 0.176. The molecule has 106 valence electrons. The van der Waals surface area contributed by atoms with Crippen molar-refractivity contribution in [2.24, 2.45) is 11.7 Å². The van der Waals surface area contributed by atoms with Gasteiger partial charge in [-0.1, -0.05) is 0 Å². The van der Waals surface area contributed by atoms with Crippen molar-refractivity contribution < 1.29 is 4.79 Å². The van der Waals surface area contributed by atoms with E-state index in [2.05, 4.69) is 17.9 Å². The van der Waals surface area contributed by atoms with E-state index in [1.54, 1.807) is 11.3 Å². The maximum atomic E-state index is 12.7. The van der Waals surface area contributed by atoms with Gasteiger partial charge in [0.2, 0.25) is 0 Å². The second-order valence-electron chi connectivity index (χ2n) is 5.66. The molecule has 1 aliphatic rings. The Morgan fingerprint density at radius 2 is 2.32 bits per heavy atom. The average molecular weight is 281 g/mol. The van der Waals surface area contributed by atoms with Crippen LogP contribution in [-0.2, 0) is 6.54 Å². The maximum absolute atomic E-state index is 12.7. The zero-order valence-corrected chi connectivity index (χ0v) is 12.7. The van der Waals surface area contributed by atoms with Crippen molar-refractivity contribution in [3.8, 4) is 0 Å². The Hall–Kier alpha value is -0.910. The van der Waals surface area contributed by atoms with E-state index in [-0.39, 0.29) is 5.91 Å². The minimum Gasteiger partial charge on any atom is -0.335 e. The van der Waals surface area contributed by atoms with Gasteiger partial charge in [-0.3, -0.25) is 4.79 Å². The molecule has 0 aromatic carbocycles. The van der Waals surface area contributed by atoms with Crippen molar-refractivity contribution in [3.05, 3.63) is 21.9 Å². The summed E-state index contributed by atoms with van der Waals surface area (Å²) < 4.78 is 0. The molecular formula is C14H23N3OS. The fraction of sp³-hybridized carbons (Fsp3) is 0.643. The number of likely N-dealkylation sites (tertiary alicyclic amines) is 1. The molecule has 1 saturated heterocycles. The highest BCUT2D eigenvalue weighted by atomic mass is 32.1. The first kappa shape index (κ1) is 14.5. The number of carbonyl (C=O) groups excluding carboxylic acids is 1. The number of amides is 1. The van der Waals surface area contributed by atoms with Crippen LogP contribution in [0.5, 0.6) is 0 Å². The Bertz CT molecular complexity index is 444. The summed E-state index contributed by atoms with van der Waals surface area (Å²) in [7, 11) is 4.05. The third-order valence-corrected chi connectivity index (χ3v) is 4.63. The number of nitrogens with zero attached hydrogens (tertiary/aromatic N) is 2. The highest BCUT2D eigenvalue weighted by Crippen LogP contribution is 2.27. The van der Waals surface area contributed by atoms with Crippen LogP contribution in [0.4, 0.5) is 0 Å². The van der Waals surface area contributed by atoms with Gasteiger partial charge in [0.25, 0.3) is 5.91 Å². The number of carbonyl (C=O) groups is 1. The van der Waals surface area contributed by atoms with Gasteiger partial charge in [0, 0.05) is 19.1 Å². The third kappa shape index (κ3) is 3.16. The van der Waals surface area contributed by atoms with Gasteiger partial charge in [-0.05, 0) is 56.9 Å². The van der Waals surface area contributed by atoms with Crippen molar-refractivity contribution in [2.45, 2.75) is 25.9 Å². The normalized spacial score (nSPS) is 23.3. The first-order valence-electron chi connectivity index (χ1n) is 6.75. The SMILES string of the molecule is CC1CC(CN)CN1C(=O)c1sccc1CN(C)C. The number of nitrogens with two attached hydrogens (primary N) is 1. The van der Waals surface area contributed by atoms with E-state index in [9.17, 15) is 4.79 Å². The van der Waals surface area contributed by atoms with Gasteiger partial charge in [0.15, 0.2) is 0 Å². The minimum absolute atomic E-state index is 0.176. The molecule has 4 nitrogen and oxygen atoms in total. The van der Waals surface area contributed by atoms with Crippen molar-refractivity contribution >= 4 is 17.2 Å². The molecule has 1 aliphatic heterocycles. The van der Waals surface area contributed by atoms with Crippen LogP contribution in [0, 0.1) is 5.92 Å². The Morgan fingerprint density at radius 3 is 2.89 bits per heavy atom. The molecule has 0 aliphatic carbocycles. The predicted molar refractivity (Wildman–Crippen MR) is 79.4 cm³/mol. The highest BCUT2D eigenvalue weighted by Gasteiger charge is 2.33. The maximum Gasteiger partial charge on any atom is 0.264 e. The van der Waals surface area contributed by atoms with Gasteiger partial charge in [-0.2, -0.15) is 0 Å². The monoisotopic (exact) mass is 281 g/mol. The van der Waals surface area contributed by atoms with Crippen molar-refractivity contribution in [3.63, 3.8) is 0 Å². The van der Waals surface area contributed by atoms with Crippen LogP contribution in [0.2, 0.25) is 0 Å². The molecule has 0 saturated carbocycles. The molecule has 1 aromatic rings. The van der Waals surface area contributed by atoms with Gasteiger partial charge in [-0.15, -0.1) is 11.3 Å². The van der Waals surface area contributed by atoms with Crippen LogP contribution >= 0.6 is 11.3 Å². The third-order valence-electron chi connectivity index (χ3n) is 3.68. The van der Waals surface area contributed by atoms with E-state index in [4.69, 9.17) is 5.73 Å². The zero-order chi connectivity index (χ0) is 14.0. The van der Waals surface area contributed by atoms with Crippen LogP contribution < -0.4 is 5.73 Å². The van der Waals surface area contributed by atoms with Crippen molar-refractivity contribution in [2.75, 3.05) is 27.2 Å². The molecule has 1 amide bonds. The zero-order valence-electron chi connectivity index (χ0n) is 11.9. The Morgan fingerprint density at radius 1 is 1.58 bits per heavy atom. The van der Waals surface area contributed by atoms with E-state index in [1.165, 1.54) is 0 Å². The molecule has 5 heteroatoms. The number of thiophene rings is 1. The number of hydrogen-bond donors (Lipinski definition) is 1. The second-order valence-corrected chi connectivity index (χ2v) is 6.57.